The van der Waals surface area contributed by atoms with Gasteiger partial charge in [0.2, 0.25) is 0 Å². The second-order valence-corrected chi connectivity index (χ2v) is 7.45. The number of rotatable bonds is 7. The molecule has 0 unspecified atom stereocenters. The maximum absolute atomic E-state index is 3.66. The van der Waals surface area contributed by atoms with Gasteiger partial charge in [0.25, 0.3) is 0 Å². The summed E-state index contributed by atoms with van der Waals surface area (Å²) in [4.78, 5) is 2.63. The summed E-state index contributed by atoms with van der Waals surface area (Å²) in [6.07, 6.45) is 1.19. The number of nitrogens with one attached hydrogen (secondary N) is 1. The summed E-state index contributed by atoms with van der Waals surface area (Å²) in [5, 5.41) is 3.66. The minimum atomic E-state index is 0.561. The van der Waals surface area contributed by atoms with Gasteiger partial charge in [0.15, 0.2) is 0 Å². The van der Waals surface area contributed by atoms with Gasteiger partial charge in [-0.3, -0.25) is 4.90 Å². The lowest BCUT2D eigenvalue weighted by molar-refractivity contribution is 0.311. The van der Waals surface area contributed by atoms with Gasteiger partial charge in [-0.2, -0.15) is 0 Å². The van der Waals surface area contributed by atoms with E-state index in [1.807, 2.05) is 0 Å². The molecule has 1 aliphatic heterocycles. The molecule has 1 fully saturated rings. The highest BCUT2D eigenvalue weighted by atomic mass is 15.2. The van der Waals surface area contributed by atoms with Crippen LogP contribution in [0.15, 0.2) is 60.7 Å². The average molecular weight is 322 g/mol. The van der Waals surface area contributed by atoms with E-state index in [4.69, 9.17) is 0 Å². The highest BCUT2D eigenvalue weighted by Gasteiger charge is 2.32. The first-order valence-electron chi connectivity index (χ1n) is 9.24. The fourth-order valence-corrected chi connectivity index (χ4v) is 3.77. The Morgan fingerprint density at radius 1 is 0.875 bits per heavy atom. The predicted molar refractivity (Wildman–Crippen MR) is 102 cm³/mol. The van der Waals surface area contributed by atoms with Crippen LogP contribution < -0.4 is 5.32 Å². The molecule has 0 spiro atoms. The Balaban J connectivity index is 1.64. The van der Waals surface area contributed by atoms with E-state index >= 15 is 0 Å². The Labute approximate surface area is 146 Å². The van der Waals surface area contributed by atoms with E-state index in [1.54, 1.807) is 0 Å². The van der Waals surface area contributed by atoms with Crippen LogP contribution in [0.2, 0.25) is 0 Å². The lowest BCUT2D eigenvalue weighted by Crippen LogP contribution is -2.33. The van der Waals surface area contributed by atoms with Crippen molar-refractivity contribution in [3.63, 3.8) is 0 Å². The Bertz CT molecular complexity index is 594. The average Bonchev–Trinajstić information content (AvgIpc) is 2.96. The smallest absolute Gasteiger partial charge is 0.0233 e. The molecule has 2 aromatic carbocycles. The van der Waals surface area contributed by atoms with Gasteiger partial charge >= 0.3 is 0 Å². The van der Waals surface area contributed by atoms with Crippen molar-refractivity contribution in [1.29, 1.82) is 0 Å². The molecule has 24 heavy (non-hydrogen) atoms. The van der Waals surface area contributed by atoms with Crippen LogP contribution in [0.4, 0.5) is 0 Å². The standard InChI is InChI=1S/C22H30N2/c1-18(2)23-14-22-17-24(15-20-11-7-4-8-12-20)16-21(22)13-19-9-5-3-6-10-19/h3-12,18,21-23H,13-17H2,1-2H3/t21-,22-/m0/s1. The molecule has 0 saturated carbocycles. The molecule has 0 aromatic heterocycles. The minimum Gasteiger partial charge on any atom is -0.314 e. The van der Waals surface area contributed by atoms with Crippen LogP contribution in [0.1, 0.15) is 25.0 Å². The van der Waals surface area contributed by atoms with Crippen LogP contribution in [0.5, 0.6) is 0 Å². The second-order valence-electron chi connectivity index (χ2n) is 7.45. The van der Waals surface area contributed by atoms with E-state index in [0.29, 0.717) is 6.04 Å². The molecule has 0 amide bonds. The second kappa shape index (κ2) is 8.46. The Kier molecular flexibility index (Phi) is 6.06. The zero-order valence-corrected chi connectivity index (χ0v) is 15.0. The molecule has 1 N–H and O–H groups in total. The van der Waals surface area contributed by atoms with Crippen molar-refractivity contribution in [2.45, 2.75) is 32.9 Å². The van der Waals surface area contributed by atoms with Crippen molar-refractivity contribution in [3.8, 4) is 0 Å². The van der Waals surface area contributed by atoms with Crippen LogP contribution >= 0.6 is 0 Å². The van der Waals surface area contributed by atoms with E-state index in [-0.39, 0.29) is 0 Å². The Morgan fingerprint density at radius 3 is 2.08 bits per heavy atom. The molecule has 2 aromatic rings. The SMILES string of the molecule is CC(C)NC[C@H]1CN(Cc2ccccc2)C[C@@H]1Cc1ccccc1. The van der Waals surface area contributed by atoms with E-state index in [1.165, 1.54) is 30.6 Å². The van der Waals surface area contributed by atoms with Crippen molar-refractivity contribution < 1.29 is 0 Å². The molecule has 0 radical (unpaired) electrons. The summed E-state index contributed by atoms with van der Waals surface area (Å²) in [6, 6.07) is 22.4. The Hall–Kier alpha value is -1.64. The van der Waals surface area contributed by atoms with Crippen LogP contribution in [0, 0.1) is 11.8 Å². The summed E-state index contributed by atoms with van der Waals surface area (Å²) in [5.41, 5.74) is 2.90. The first-order valence-corrected chi connectivity index (χ1v) is 9.24. The predicted octanol–water partition coefficient (Wildman–Crippen LogP) is 3.98. The van der Waals surface area contributed by atoms with Crippen LogP contribution in [-0.4, -0.2) is 30.6 Å². The van der Waals surface area contributed by atoms with Gasteiger partial charge in [-0.25, -0.2) is 0 Å². The highest BCUT2D eigenvalue weighted by Crippen LogP contribution is 2.28. The van der Waals surface area contributed by atoms with Gasteiger partial charge in [-0.15, -0.1) is 0 Å². The van der Waals surface area contributed by atoms with Crippen LogP contribution in [0.25, 0.3) is 0 Å². The summed E-state index contributed by atoms with van der Waals surface area (Å²) in [5.74, 6) is 1.47. The lowest BCUT2D eigenvalue weighted by Gasteiger charge is -2.20. The molecule has 128 valence electrons. The van der Waals surface area contributed by atoms with Gasteiger partial charge < -0.3 is 5.32 Å². The molecule has 2 atom stereocenters. The van der Waals surface area contributed by atoms with Gasteiger partial charge in [-0.05, 0) is 35.9 Å². The van der Waals surface area contributed by atoms with Gasteiger partial charge in [0.1, 0.15) is 0 Å². The lowest BCUT2D eigenvalue weighted by atomic mass is 9.89. The highest BCUT2D eigenvalue weighted by molar-refractivity contribution is 5.17. The van der Waals surface area contributed by atoms with E-state index in [0.717, 1.165) is 24.9 Å². The van der Waals surface area contributed by atoms with Crippen molar-refractivity contribution in [1.82, 2.24) is 10.2 Å². The largest absolute Gasteiger partial charge is 0.314 e. The molecular formula is C22H30N2. The molecule has 2 nitrogen and oxygen atoms in total. The molecule has 3 rings (SSSR count). The van der Waals surface area contributed by atoms with Gasteiger partial charge in [0.05, 0.1) is 0 Å². The summed E-state index contributed by atoms with van der Waals surface area (Å²) < 4.78 is 0. The first kappa shape index (κ1) is 17.2. The van der Waals surface area contributed by atoms with Gasteiger partial charge in [0, 0.05) is 25.7 Å². The number of hydrogen-bond acceptors (Lipinski definition) is 2. The number of hydrogen-bond donors (Lipinski definition) is 1. The fraction of sp³-hybridized carbons (Fsp3) is 0.455. The third-order valence-corrected chi connectivity index (χ3v) is 5.03. The zero-order valence-electron chi connectivity index (χ0n) is 15.0. The van der Waals surface area contributed by atoms with Crippen molar-refractivity contribution in [2.75, 3.05) is 19.6 Å². The third kappa shape index (κ3) is 4.93. The summed E-state index contributed by atoms with van der Waals surface area (Å²) >= 11 is 0. The van der Waals surface area contributed by atoms with E-state index < -0.39 is 0 Å². The van der Waals surface area contributed by atoms with Crippen molar-refractivity contribution >= 4 is 0 Å². The molecule has 1 aliphatic rings. The molecule has 1 heterocycles. The number of nitrogens with zero attached hydrogens (tertiary/aromatic N) is 1. The number of likely N-dealkylation sites (tertiary alicyclic amines) is 1. The monoisotopic (exact) mass is 322 g/mol. The summed E-state index contributed by atoms with van der Waals surface area (Å²) in [7, 11) is 0. The van der Waals surface area contributed by atoms with Crippen molar-refractivity contribution in [2.24, 2.45) is 11.8 Å². The quantitative estimate of drug-likeness (QED) is 0.829. The topological polar surface area (TPSA) is 15.3 Å². The van der Waals surface area contributed by atoms with E-state index in [2.05, 4.69) is 84.7 Å². The molecule has 0 aliphatic carbocycles. The van der Waals surface area contributed by atoms with Gasteiger partial charge in [-0.1, -0.05) is 74.5 Å². The maximum atomic E-state index is 3.66. The zero-order chi connectivity index (χ0) is 16.8. The molecule has 2 heteroatoms. The molecule has 0 bridgehead atoms. The first-order chi connectivity index (χ1) is 11.7. The fourth-order valence-electron chi connectivity index (χ4n) is 3.77. The summed E-state index contributed by atoms with van der Waals surface area (Å²) in [6.45, 7) is 9.08. The Morgan fingerprint density at radius 2 is 1.46 bits per heavy atom. The molecule has 1 saturated heterocycles. The van der Waals surface area contributed by atoms with Crippen LogP contribution in [-0.2, 0) is 13.0 Å². The molecular weight excluding hydrogens is 292 g/mol. The maximum Gasteiger partial charge on any atom is 0.0233 e. The number of benzene rings is 2. The normalized spacial score (nSPS) is 21.5. The van der Waals surface area contributed by atoms with Crippen molar-refractivity contribution in [3.05, 3.63) is 71.8 Å². The third-order valence-electron chi connectivity index (χ3n) is 5.03. The van der Waals surface area contributed by atoms with E-state index in [9.17, 15) is 0 Å². The van der Waals surface area contributed by atoms with Crippen LogP contribution in [0.3, 0.4) is 0 Å². The minimum absolute atomic E-state index is 0.561.